The molecule has 1 heterocycles. The summed E-state index contributed by atoms with van der Waals surface area (Å²) in [6, 6.07) is 27.2. The lowest BCUT2D eigenvalue weighted by Crippen LogP contribution is -2.39. The Morgan fingerprint density at radius 2 is 1.61 bits per heavy atom. The summed E-state index contributed by atoms with van der Waals surface area (Å²) in [6.45, 7) is 4.97. The molecule has 36 heavy (non-hydrogen) atoms. The smallest absolute Gasteiger partial charge is 0.258 e. The zero-order valence-corrected chi connectivity index (χ0v) is 20.8. The Bertz CT molecular complexity index is 1430. The third-order valence-electron chi connectivity index (χ3n) is 7.11. The van der Waals surface area contributed by atoms with Gasteiger partial charge in [0, 0.05) is 17.8 Å². The number of aryl methyl sites for hydroxylation is 1. The first-order chi connectivity index (χ1) is 17.5. The van der Waals surface area contributed by atoms with Crippen LogP contribution in [0.5, 0.6) is 0 Å². The minimum Gasteiger partial charge on any atom is -0.399 e. The average molecular weight is 478 g/mol. The third-order valence-corrected chi connectivity index (χ3v) is 7.11. The molecule has 2 amide bonds. The minimum absolute atomic E-state index is 0.0595. The number of fused-ring (bicyclic) bond motifs is 2. The number of para-hydroxylation sites is 2. The Kier molecular flexibility index (Phi) is 6.47. The standard InChI is InChI=1S/C31H31N3O2/c1-3-8-24-19-33(30(35)23-15-17-25(32)18-16-23)28-11-6-7-12-29(28)34(31(24)36)20-27-21(2)13-14-22-9-4-5-10-26(22)27/h4-7,9-18,24H,3,8,19-20,32H2,1-2H3. The molecule has 5 nitrogen and oxygen atoms in total. The number of nitrogens with two attached hydrogens (primary N) is 1. The van der Waals surface area contributed by atoms with E-state index in [1.165, 1.54) is 0 Å². The number of hydrogen-bond donors (Lipinski definition) is 1. The molecule has 0 spiro atoms. The number of amides is 2. The van der Waals surface area contributed by atoms with Crippen LogP contribution in [0.15, 0.2) is 84.9 Å². The monoisotopic (exact) mass is 477 g/mol. The summed E-state index contributed by atoms with van der Waals surface area (Å²) in [5.41, 5.74) is 10.8. The molecule has 5 heteroatoms. The topological polar surface area (TPSA) is 66.6 Å². The van der Waals surface area contributed by atoms with E-state index < -0.39 is 0 Å². The van der Waals surface area contributed by atoms with Gasteiger partial charge in [-0.2, -0.15) is 0 Å². The molecule has 4 aromatic carbocycles. The minimum atomic E-state index is -0.296. The van der Waals surface area contributed by atoms with Gasteiger partial charge in [0.15, 0.2) is 0 Å². The molecular formula is C31H31N3O2. The highest BCUT2D eigenvalue weighted by Crippen LogP contribution is 2.38. The Balaban J connectivity index is 1.63. The molecule has 0 saturated heterocycles. The number of nitrogen functional groups attached to an aromatic ring is 1. The molecule has 0 bridgehead atoms. The SMILES string of the molecule is CCCC1CN(C(=O)c2ccc(N)cc2)c2ccccc2N(Cc2c(C)ccc3ccccc23)C1=O. The predicted molar refractivity (Wildman–Crippen MR) is 147 cm³/mol. The van der Waals surface area contributed by atoms with E-state index in [1.54, 1.807) is 29.2 Å². The number of carbonyl (C=O) groups excluding carboxylic acids is 2. The zero-order chi connectivity index (χ0) is 25.2. The first kappa shape index (κ1) is 23.6. The first-order valence-electron chi connectivity index (χ1n) is 12.5. The molecule has 0 fully saturated rings. The molecule has 0 aromatic heterocycles. The van der Waals surface area contributed by atoms with Crippen molar-refractivity contribution >= 4 is 39.6 Å². The number of benzene rings is 4. The van der Waals surface area contributed by atoms with Crippen LogP contribution < -0.4 is 15.5 Å². The van der Waals surface area contributed by atoms with Crippen molar-refractivity contribution in [2.75, 3.05) is 22.1 Å². The molecule has 1 unspecified atom stereocenters. The Labute approximate surface area is 212 Å². The van der Waals surface area contributed by atoms with Crippen molar-refractivity contribution < 1.29 is 9.59 Å². The van der Waals surface area contributed by atoms with Gasteiger partial charge in [-0.1, -0.05) is 61.9 Å². The first-order valence-corrected chi connectivity index (χ1v) is 12.5. The van der Waals surface area contributed by atoms with Crippen molar-refractivity contribution in [3.63, 3.8) is 0 Å². The molecule has 182 valence electrons. The van der Waals surface area contributed by atoms with Crippen LogP contribution in [0.25, 0.3) is 10.8 Å². The van der Waals surface area contributed by atoms with Crippen LogP contribution in [0.4, 0.5) is 17.1 Å². The lowest BCUT2D eigenvalue weighted by atomic mass is 9.97. The molecule has 1 atom stereocenters. The molecule has 0 saturated carbocycles. The summed E-state index contributed by atoms with van der Waals surface area (Å²) in [4.78, 5) is 31.5. The Morgan fingerprint density at radius 3 is 2.36 bits per heavy atom. The highest BCUT2D eigenvalue weighted by atomic mass is 16.2. The van der Waals surface area contributed by atoms with Crippen LogP contribution in [0, 0.1) is 12.8 Å². The van der Waals surface area contributed by atoms with Crippen molar-refractivity contribution in [2.24, 2.45) is 5.92 Å². The van der Waals surface area contributed by atoms with Crippen molar-refractivity contribution in [2.45, 2.75) is 33.2 Å². The van der Waals surface area contributed by atoms with E-state index in [1.807, 2.05) is 41.3 Å². The van der Waals surface area contributed by atoms with Gasteiger partial charge in [0.25, 0.3) is 5.91 Å². The summed E-state index contributed by atoms with van der Waals surface area (Å²) in [7, 11) is 0. The fourth-order valence-corrected chi connectivity index (χ4v) is 5.17. The van der Waals surface area contributed by atoms with Crippen molar-refractivity contribution in [1.82, 2.24) is 0 Å². The average Bonchev–Trinajstić information content (AvgIpc) is 3.01. The lowest BCUT2D eigenvalue weighted by molar-refractivity contribution is -0.122. The number of anilines is 3. The van der Waals surface area contributed by atoms with Gasteiger partial charge in [-0.25, -0.2) is 0 Å². The number of nitrogens with zero attached hydrogens (tertiary/aromatic N) is 2. The van der Waals surface area contributed by atoms with E-state index >= 15 is 0 Å². The summed E-state index contributed by atoms with van der Waals surface area (Å²) >= 11 is 0. The predicted octanol–water partition coefficient (Wildman–Crippen LogP) is 6.34. The van der Waals surface area contributed by atoms with Gasteiger partial charge in [0.05, 0.1) is 23.8 Å². The summed E-state index contributed by atoms with van der Waals surface area (Å²) < 4.78 is 0. The second-order valence-electron chi connectivity index (χ2n) is 9.52. The van der Waals surface area contributed by atoms with Gasteiger partial charge in [-0.3, -0.25) is 9.59 Å². The van der Waals surface area contributed by atoms with E-state index in [0.717, 1.165) is 39.7 Å². The van der Waals surface area contributed by atoms with Crippen LogP contribution in [0.2, 0.25) is 0 Å². The van der Waals surface area contributed by atoms with Crippen molar-refractivity contribution in [3.8, 4) is 0 Å². The fraction of sp³-hybridized carbons (Fsp3) is 0.226. The molecule has 0 aliphatic carbocycles. The highest BCUT2D eigenvalue weighted by Gasteiger charge is 2.36. The zero-order valence-electron chi connectivity index (χ0n) is 20.8. The maximum absolute atomic E-state index is 14.1. The largest absolute Gasteiger partial charge is 0.399 e. The highest BCUT2D eigenvalue weighted by molar-refractivity contribution is 6.11. The fourth-order valence-electron chi connectivity index (χ4n) is 5.17. The summed E-state index contributed by atoms with van der Waals surface area (Å²) in [6.07, 6.45) is 1.57. The van der Waals surface area contributed by atoms with Crippen LogP contribution in [-0.4, -0.2) is 18.4 Å². The number of rotatable bonds is 5. The van der Waals surface area contributed by atoms with E-state index in [4.69, 9.17) is 5.73 Å². The maximum atomic E-state index is 14.1. The van der Waals surface area contributed by atoms with Gasteiger partial charge in [0.1, 0.15) is 0 Å². The number of carbonyl (C=O) groups is 2. The van der Waals surface area contributed by atoms with E-state index in [-0.39, 0.29) is 17.7 Å². The normalized spacial score (nSPS) is 15.6. The van der Waals surface area contributed by atoms with Crippen LogP contribution >= 0.6 is 0 Å². The Hall–Kier alpha value is -4.12. The van der Waals surface area contributed by atoms with Gasteiger partial charge < -0.3 is 15.5 Å². The quantitative estimate of drug-likeness (QED) is 0.341. The van der Waals surface area contributed by atoms with Gasteiger partial charge in [-0.05, 0) is 71.6 Å². The summed E-state index contributed by atoms with van der Waals surface area (Å²) in [5, 5.41) is 2.30. The Morgan fingerprint density at radius 1 is 0.917 bits per heavy atom. The molecule has 2 N–H and O–H groups in total. The second kappa shape index (κ2) is 9.86. The maximum Gasteiger partial charge on any atom is 0.258 e. The number of hydrogen-bond acceptors (Lipinski definition) is 3. The molecule has 5 rings (SSSR count). The third kappa shape index (κ3) is 4.33. The van der Waals surface area contributed by atoms with Crippen LogP contribution in [0.1, 0.15) is 41.3 Å². The van der Waals surface area contributed by atoms with E-state index in [2.05, 4.69) is 38.1 Å². The molecular weight excluding hydrogens is 446 g/mol. The van der Waals surface area contributed by atoms with Gasteiger partial charge >= 0.3 is 0 Å². The van der Waals surface area contributed by atoms with Gasteiger partial charge in [0.2, 0.25) is 5.91 Å². The molecule has 1 aliphatic rings. The van der Waals surface area contributed by atoms with Crippen LogP contribution in [0.3, 0.4) is 0 Å². The van der Waals surface area contributed by atoms with Crippen molar-refractivity contribution in [3.05, 3.63) is 102 Å². The second-order valence-corrected chi connectivity index (χ2v) is 9.52. The molecule has 1 aliphatic heterocycles. The summed E-state index contributed by atoms with van der Waals surface area (Å²) in [5.74, 6) is -0.362. The van der Waals surface area contributed by atoms with E-state index in [9.17, 15) is 9.59 Å². The lowest BCUT2D eigenvalue weighted by Gasteiger charge is -2.27. The van der Waals surface area contributed by atoms with Gasteiger partial charge in [-0.15, -0.1) is 0 Å². The molecule has 0 radical (unpaired) electrons. The van der Waals surface area contributed by atoms with E-state index in [0.29, 0.717) is 30.8 Å². The van der Waals surface area contributed by atoms with Crippen LogP contribution in [-0.2, 0) is 11.3 Å². The molecule has 4 aromatic rings. The van der Waals surface area contributed by atoms with Crippen molar-refractivity contribution in [1.29, 1.82) is 0 Å².